The van der Waals surface area contributed by atoms with Crippen molar-refractivity contribution in [3.8, 4) is 0 Å². The molecule has 1 saturated heterocycles. The van der Waals surface area contributed by atoms with E-state index in [0.29, 0.717) is 25.8 Å². The van der Waals surface area contributed by atoms with Gasteiger partial charge in [0.2, 0.25) is 0 Å². The van der Waals surface area contributed by atoms with E-state index in [1.165, 1.54) is 6.07 Å². The highest BCUT2D eigenvalue weighted by Gasteiger charge is 2.28. The van der Waals surface area contributed by atoms with Crippen molar-refractivity contribution in [2.75, 3.05) is 26.3 Å². The van der Waals surface area contributed by atoms with Gasteiger partial charge in [-0.05, 0) is 24.1 Å². The van der Waals surface area contributed by atoms with Gasteiger partial charge in [0.1, 0.15) is 5.82 Å². The highest BCUT2D eigenvalue weighted by atomic mass is 35.5. The second kappa shape index (κ2) is 6.66. The minimum Gasteiger partial charge on any atom is -0.378 e. The fraction of sp³-hybridized carbons (Fsp3) is 0.571. The summed E-state index contributed by atoms with van der Waals surface area (Å²) in [5, 5.41) is 0.147. The Balaban J connectivity index is 2.24. The average Bonchev–Trinajstić information content (AvgIpc) is 2.44. The summed E-state index contributed by atoms with van der Waals surface area (Å²) in [5.74, 6) is -0.390. The van der Waals surface area contributed by atoms with Crippen LogP contribution in [0.2, 0.25) is 5.02 Å². The molecule has 0 amide bonds. The van der Waals surface area contributed by atoms with Gasteiger partial charge in [-0.2, -0.15) is 0 Å². The van der Waals surface area contributed by atoms with Crippen molar-refractivity contribution < 1.29 is 9.13 Å². The Kier molecular flexibility index (Phi) is 5.16. The molecule has 1 heterocycles. The van der Waals surface area contributed by atoms with Gasteiger partial charge in [-0.3, -0.25) is 4.90 Å². The van der Waals surface area contributed by atoms with Crippen molar-refractivity contribution in [1.29, 1.82) is 0 Å². The van der Waals surface area contributed by atoms with Gasteiger partial charge in [-0.15, -0.1) is 0 Å². The van der Waals surface area contributed by atoms with Crippen LogP contribution in [0.15, 0.2) is 18.2 Å². The maximum atomic E-state index is 13.6. The van der Waals surface area contributed by atoms with Gasteiger partial charge < -0.3 is 10.5 Å². The van der Waals surface area contributed by atoms with Gasteiger partial charge in [-0.1, -0.05) is 24.6 Å². The first-order valence-electron chi connectivity index (χ1n) is 6.65. The van der Waals surface area contributed by atoms with Crippen LogP contribution in [-0.4, -0.2) is 37.2 Å². The third-order valence-electron chi connectivity index (χ3n) is 3.70. The molecule has 0 bridgehead atoms. The zero-order valence-corrected chi connectivity index (χ0v) is 11.9. The highest BCUT2D eigenvalue weighted by molar-refractivity contribution is 6.30. The van der Waals surface area contributed by atoms with E-state index in [1.807, 2.05) is 6.07 Å². The number of hydrogen-bond donors (Lipinski definition) is 1. The van der Waals surface area contributed by atoms with Gasteiger partial charge in [0.15, 0.2) is 0 Å². The van der Waals surface area contributed by atoms with E-state index in [0.717, 1.165) is 18.5 Å². The van der Waals surface area contributed by atoms with Crippen LogP contribution in [0.1, 0.15) is 24.9 Å². The first-order valence-corrected chi connectivity index (χ1v) is 7.03. The van der Waals surface area contributed by atoms with Crippen molar-refractivity contribution in [2.45, 2.75) is 25.4 Å². The summed E-state index contributed by atoms with van der Waals surface area (Å²) >= 11 is 5.73. The largest absolute Gasteiger partial charge is 0.378 e. The maximum absolute atomic E-state index is 13.6. The first kappa shape index (κ1) is 14.7. The molecule has 19 heavy (non-hydrogen) atoms. The van der Waals surface area contributed by atoms with E-state index in [4.69, 9.17) is 22.1 Å². The topological polar surface area (TPSA) is 38.5 Å². The fourth-order valence-corrected chi connectivity index (χ4v) is 2.73. The summed E-state index contributed by atoms with van der Waals surface area (Å²) in [7, 11) is 0. The molecule has 0 radical (unpaired) electrons. The third kappa shape index (κ3) is 3.26. The normalized spacial score (nSPS) is 22.4. The zero-order chi connectivity index (χ0) is 13.8. The number of benzene rings is 1. The minimum atomic E-state index is -0.390. The molecule has 3 nitrogen and oxygen atoms in total. The van der Waals surface area contributed by atoms with Crippen molar-refractivity contribution >= 4 is 11.6 Å². The summed E-state index contributed by atoms with van der Waals surface area (Å²) < 4.78 is 19.1. The molecule has 1 aromatic carbocycles. The number of hydrogen-bond acceptors (Lipinski definition) is 3. The average molecular weight is 287 g/mol. The molecular formula is C14H20ClFN2O. The molecule has 2 atom stereocenters. The SMILES string of the molecule is CCC1COCCN1C(CN)c1ccc(Cl)c(F)c1. The number of morpholine rings is 1. The number of nitrogens with two attached hydrogens (primary N) is 1. The van der Waals surface area contributed by atoms with Gasteiger partial charge in [0.05, 0.1) is 18.2 Å². The summed E-state index contributed by atoms with van der Waals surface area (Å²) in [6.07, 6.45) is 0.993. The number of ether oxygens (including phenoxy) is 1. The Morgan fingerprint density at radius 1 is 1.58 bits per heavy atom. The third-order valence-corrected chi connectivity index (χ3v) is 4.00. The quantitative estimate of drug-likeness (QED) is 0.925. The van der Waals surface area contributed by atoms with Crippen molar-refractivity contribution in [2.24, 2.45) is 5.73 Å². The first-order chi connectivity index (χ1) is 9.17. The van der Waals surface area contributed by atoms with E-state index in [-0.39, 0.29) is 16.9 Å². The molecule has 106 valence electrons. The lowest BCUT2D eigenvalue weighted by Gasteiger charge is -2.40. The lowest BCUT2D eigenvalue weighted by molar-refractivity contribution is -0.0291. The summed E-state index contributed by atoms with van der Waals surface area (Å²) in [6.45, 7) is 4.82. The molecule has 1 aliphatic rings. The Hall–Kier alpha value is -0.680. The fourth-order valence-electron chi connectivity index (χ4n) is 2.61. The van der Waals surface area contributed by atoms with Crippen molar-refractivity contribution in [1.82, 2.24) is 4.90 Å². The van der Waals surface area contributed by atoms with E-state index in [1.54, 1.807) is 6.07 Å². The molecule has 5 heteroatoms. The molecule has 0 saturated carbocycles. The molecule has 1 fully saturated rings. The lowest BCUT2D eigenvalue weighted by atomic mass is 10.0. The molecule has 0 spiro atoms. The standard InChI is InChI=1S/C14H20ClFN2O/c1-2-11-9-19-6-5-18(11)14(8-17)10-3-4-12(15)13(16)7-10/h3-4,7,11,14H,2,5-6,8-9,17H2,1H3. The van der Waals surface area contributed by atoms with Crippen LogP contribution in [0.3, 0.4) is 0 Å². The van der Waals surface area contributed by atoms with E-state index in [2.05, 4.69) is 11.8 Å². The molecular weight excluding hydrogens is 267 g/mol. The van der Waals surface area contributed by atoms with Crippen molar-refractivity contribution in [3.05, 3.63) is 34.6 Å². The Morgan fingerprint density at radius 2 is 2.37 bits per heavy atom. The van der Waals surface area contributed by atoms with E-state index < -0.39 is 0 Å². The van der Waals surface area contributed by atoms with Crippen LogP contribution < -0.4 is 5.73 Å². The molecule has 0 aliphatic carbocycles. The van der Waals surface area contributed by atoms with Crippen LogP contribution >= 0.6 is 11.6 Å². The maximum Gasteiger partial charge on any atom is 0.142 e. The summed E-state index contributed by atoms with van der Waals surface area (Å²) in [4.78, 5) is 2.31. The van der Waals surface area contributed by atoms with Crippen molar-refractivity contribution in [3.63, 3.8) is 0 Å². The molecule has 0 aromatic heterocycles. The second-order valence-corrected chi connectivity index (χ2v) is 5.21. The lowest BCUT2D eigenvalue weighted by Crippen LogP contribution is -2.48. The Bertz CT molecular complexity index is 430. The van der Waals surface area contributed by atoms with Crippen LogP contribution in [0.4, 0.5) is 4.39 Å². The zero-order valence-electron chi connectivity index (χ0n) is 11.1. The monoisotopic (exact) mass is 286 g/mol. The highest BCUT2D eigenvalue weighted by Crippen LogP contribution is 2.27. The van der Waals surface area contributed by atoms with E-state index in [9.17, 15) is 4.39 Å². The van der Waals surface area contributed by atoms with Gasteiger partial charge >= 0.3 is 0 Å². The van der Waals surface area contributed by atoms with Gasteiger partial charge in [0.25, 0.3) is 0 Å². The van der Waals surface area contributed by atoms with E-state index >= 15 is 0 Å². The molecule has 2 unspecified atom stereocenters. The Labute approximate surface area is 118 Å². The van der Waals surface area contributed by atoms with Crippen LogP contribution in [-0.2, 0) is 4.74 Å². The molecule has 2 N–H and O–H groups in total. The van der Waals surface area contributed by atoms with Crippen LogP contribution in [0.25, 0.3) is 0 Å². The predicted octanol–water partition coefficient (Wildman–Crippen LogP) is 2.59. The molecule has 1 aliphatic heterocycles. The number of nitrogens with zero attached hydrogens (tertiary/aromatic N) is 1. The van der Waals surface area contributed by atoms with Gasteiger partial charge in [-0.25, -0.2) is 4.39 Å². The van der Waals surface area contributed by atoms with Crippen LogP contribution in [0, 0.1) is 5.82 Å². The smallest absolute Gasteiger partial charge is 0.142 e. The summed E-state index contributed by atoms with van der Waals surface area (Å²) in [5.41, 5.74) is 6.78. The number of halogens is 2. The number of rotatable bonds is 4. The minimum absolute atomic E-state index is 0.0145. The van der Waals surface area contributed by atoms with Crippen LogP contribution in [0.5, 0.6) is 0 Å². The van der Waals surface area contributed by atoms with Gasteiger partial charge in [0, 0.05) is 25.2 Å². The second-order valence-electron chi connectivity index (χ2n) is 4.80. The molecule has 1 aromatic rings. The Morgan fingerprint density at radius 3 is 3.00 bits per heavy atom. The predicted molar refractivity (Wildman–Crippen MR) is 74.8 cm³/mol. The molecule has 2 rings (SSSR count). The summed E-state index contributed by atoms with van der Waals surface area (Å²) in [6, 6.07) is 5.28.